The van der Waals surface area contributed by atoms with E-state index < -0.39 is 12.0 Å². The average molecular weight is 409 g/mol. The monoisotopic (exact) mass is 409 g/mol. The van der Waals surface area contributed by atoms with Crippen molar-refractivity contribution in [3.63, 3.8) is 0 Å². The van der Waals surface area contributed by atoms with Gasteiger partial charge in [-0.3, -0.25) is 4.79 Å². The Hall–Kier alpha value is -2.19. The number of nitrogens with one attached hydrogen (secondary N) is 1. The van der Waals surface area contributed by atoms with Crippen LogP contribution >= 0.6 is 0 Å². The van der Waals surface area contributed by atoms with E-state index in [-0.39, 0.29) is 24.1 Å². The number of hydrogen-bond donors (Lipinski definition) is 1. The molecular formula is C20H26F3N5O. The number of fused-ring (bicyclic) bond motifs is 3. The van der Waals surface area contributed by atoms with Gasteiger partial charge in [-0.1, -0.05) is 6.42 Å². The Kier molecular flexibility index (Phi) is 5.02. The molecule has 2 aliphatic rings. The topological polar surface area (TPSA) is 72.2 Å². The fraction of sp³-hybridized carbons (Fsp3) is 0.700. The number of carbonyl (C=O) groups is 1. The zero-order valence-corrected chi connectivity index (χ0v) is 16.9. The SMILES string of the molecule is Cc1nc2nc(C(F)(F)F)nn2c(C)c1CCC(=O)NC(C)C1CC2CCC1C2. The van der Waals surface area contributed by atoms with Crippen LogP contribution < -0.4 is 5.32 Å². The minimum absolute atomic E-state index is 0.0336. The first kappa shape index (κ1) is 20.1. The average Bonchev–Trinajstić information content (AvgIpc) is 3.35. The molecule has 1 amide bonds. The Bertz CT molecular complexity index is 938. The van der Waals surface area contributed by atoms with Gasteiger partial charge in [0.05, 0.1) is 0 Å². The third-order valence-electron chi connectivity index (χ3n) is 6.73. The maximum atomic E-state index is 12.9. The lowest BCUT2D eigenvalue weighted by molar-refractivity contribution is -0.144. The largest absolute Gasteiger partial charge is 0.453 e. The van der Waals surface area contributed by atoms with Crippen LogP contribution in [0.5, 0.6) is 0 Å². The number of alkyl halides is 3. The van der Waals surface area contributed by atoms with Crippen molar-refractivity contribution in [2.45, 2.75) is 71.5 Å². The highest BCUT2D eigenvalue weighted by Crippen LogP contribution is 2.49. The molecular weight excluding hydrogens is 383 g/mol. The summed E-state index contributed by atoms with van der Waals surface area (Å²) in [6, 6.07) is 0.158. The van der Waals surface area contributed by atoms with Crippen molar-refractivity contribution >= 4 is 11.7 Å². The van der Waals surface area contributed by atoms with Crippen molar-refractivity contribution in [3.05, 3.63) is 22.8 Å². The Balaban J connectivity index is 1.43. The number of amides is 1. The first-order valence-corrected chi connectivity index (χ1v) is 10.2. The lowest BCUT2D eigenvalue weighted by Gasteiger charge is -2.28. The quantitative estimate of drug-likeness (QED) is 0.819. The molecule has 0 radical (unpaired) electrons. The van der Waals surface area contributed by atoms with Crippen LogP contribution in [0.3, 0.4) is 0 Å². The molecule has 29 heavy (non-hydrogen) atoms. The third-order valence-corrected chi connectivity index (χ3v) is 6.73. The van der Waals surface area contributed by atoms with E-state index in [1.807, 2.05) is 0 Å². The second-order valence-electron chi connectivity index (χ2n) is 8.60. The number of nitrogens with zero attached hydrogens (tertiary/aromatic N) is 4. The van der Waals surface area contributed by atoms with Crippen LogP contribution in [-0.4, -0.2) is 31.5 Å². The highest BCUT2D eigenvalue weighted by Gasteiger charge is 2.42. The van der Waals surface area contributed by atoms with Gasteiger partial charge in [-0.2, -0.15) is 18.2 Å². The molecule has 4 rings (SSSR count). The summed E-state index contributed by atoms with van der Waals surface area (Å²) in [5, 5.41) is 6.69. The highest BCUT2D eigenvalue weighted by atomic mass is 19.4. The molecule has 2 aliphatic carbocycles. The summed E-state index contributed by atoms with van der Waals surface area (Å²) in [5.74, 6) is 0.814. The fourth-order valence-electron chi connectivity index (χ4n) is 5.27. The summed E-state index contributed by atoms with van der Waals surface area (Å²) in [5.41, 5.74) is 1.84. The van der Waals surface area contributed by atoms with E-state index in [1.165, 1.54) is 25.7 Å². The van der Waals surface area contributed by atoms with Crippen LogP contribution in [0.4, 0.5) is 13.2 Å². The molecule has 0 spiro atoms. The predicted molar refractivity (Wildman–Crippen MR) is 100 cm³/mol. The smallest absolute Gasteiger partial charge is 0.353 e. The zero-order valence-electron chi connectivity index (χ0n) is 16.9. The van der Waals surface area contributed by atoms with Gasteiger partial charge in [0.15, 0.2) is 0 Å². The highest BCUT2D eigenvalue weighted by molar-refractivity contribution is 5.76. The Morgan fingerprint density at radius 2 is 2.00 bits per heavy atom. The van der Waals surface area contributed by atoms with Crippen molar-refractivity contribution < 1.29 is 18.0 Å². The van der Waals surface area contributed by atoms with Gasteiger partial charge < -0.3 is 5.32 Å². The van der Waals surface area contributed by atoms with E-state index >= 15 is 0 Å². The van der Waals surface area contributed by atoms with Gasteiger partial charge in [0.25, 0.3) is 11.6 Å². The standard InChI is InChI=1S/C20H26F3N5O/c1-10-15(12(3)28-19(25-10)26-18(27-28)20(21,22)23)6-7-17(29)24-11(2)16-9-13-4-5-14(16)8-13/h11,13-14,16H,4-9H2,1-3H3,(H,24,29). The Morgan fingerprint density at radius 1 is 1.24 bits per heavy atom. The molecule has 2 saturated carbocycles. The van der Waals surface area contributed by atoms with E-state index in [0.717, 1.165) is 21.9 Å². The molecule has 6 nitrogen and oxygen atoms in total. The number of aryl methyl sites for hydroxylation is 2. The van der Waals surface area contributed by atoms with Crippen LogP contribution in [0.15, 0.2) is 0 Å². The van der Waals surface area contributed by atoms with Crippen molar-refractivity contribution in [1.29, 1.82) is 0 Å². The van der Waals surface area contributed by atoms with Crippen molar-refractivity contribution in [2.24, 2.45) is 17.8 Å². The summed E-state index contributed by atoms with van der Waals surface area (Å²) < 4.78 is 39.8. The second kappa shape index (κ2) is 7.25. The predicted octanol–water partition coefficient (Wildman–Crippen LogP) is 3.63. The summed E-state index contributed by atoms with van der Waals surface area (Å²) in [4.78, 5) is 20.1. The third kappa shape index (κ3) is 3.83. The van der Waals surface area contributed by atoms with Gasteiger partial charge in [-0.25, -0.2) is 9.50 Å². The molecule has 2 bridgehead atoms. The van der Waals surface area contributed by atoms with Crippen LogP contribution in [0.2, 0.25) is 0 Å². The lowest BCUT2D eigenvalue weighted by atomic mass is 9.84. The molecule has 4 atom stereocenters. The first-order chi connectivity index (χ1) is 13.6. The van der Waals surface area contributed by atoms with Crippen molar-refractivity contribution in [1.82, 2.24) is 24.9 Å². The molecule has 9 heteroatoms. The van der Waals surface area contributed by atoms with E-state index in [4.69, 9.17) is 0 Å². The van der Waals surface area contributed by atoms with Crippen LogP contribution in [-0.2, 0) is 17.4 Å². The van der Waals surface area contributed by atoms with Gasteiger partial charge >= 0.3 is 6.18 Å². The van der Waals surface area contributed by atoms with Gasteiger partial charge in [0, 0.05) is 23.9 Å². The number of rotatable bonds is 5. The lowest BCUT2D eigenvalue weighted by Crippen LogP contribution is -2.40. The zero-order chi connectivity index (χ0) is 20.9. The summed E-state index contributed by atoms with van der Waals surface area (Å²) in [6.07, 6.45) is 1.15. The van der Waals surface area contributed by atoms with E-state index in [2.05, 4.69) is 27.3 Å². The maximum absolute atomic E-state index is 12.9. The first-order valence-electron chi connectivity index (χ1n) is 10.2. The summed E-state index contributed by atoms with van der Waals surface area (Å²) >= 11 is 0. The molecule has 0 aromatic carbocycles. The number of hydrogen-bond acceptors (Lipinski definition) is 4. The molecule has 158 valence electrons. The molecule has 2 aromatic heterocycles. The van der Waals surface area contributed by atoms with Crippen LogP contribution in [0.25, 0.3) is 5.78 Å². The molecule has 2 heterocycles. The molecule has 0 saturated heterocycles. The summed E-state index contributed by atoms with van der Waals surface area (Å²) in [6.45, 7) is 5.49. The molecule has 0 aliphatic heterocycles. The fourth-order valence-corrected chi connectivity index (χ4v) is 5.27. The van der Waals surface area contributed by atoms with E-state index in [1.54, 1.807) is 13.8 Å². The summed E-state index contributed by atoms with van der Waals surface area (Å²) in [7, 11) is 0. The van der Waals surface area contributed by atoms with Gasteiger partial charge in [-0.15, -0.1) is 5.10 Å². The molecule has 4 unspecified atom stereocenters. The minimum atomic E-state index is -4.62. The molecule has 2 fully saturated rings. The van der Waals surface area contributed by atoms with Gasteiger partial charge in [0.1, 0.15) is 0 Å². The van der Waals surface area contributed by atoms with E-state index in [9.17, 15) is 18.0 Å². The van der Waals surface area contributed by atoms with Crippen molar-refractivity contribution in [3.8, 4) is 0 Å². The minimum Gasteiger partial charge on any atom is -0.353 e. The number of halogens is 3. The van der Waals surface area contributed by atoms with Crippen LogP contribution in [0.1, 0.15) is 61.8 Å². The molecule has 2 aromatic rings. The van der Waals surface area contributed by atoms with Crippen LogP contribution in [0, 0.1) is 31.6 Å². The number of carbonyl (C=O) groups excluding carboxylic acids is 1. The molecule has 1 N–H and O–H groups in total. The Morgan fingerprint density at radius 3 is 2.62 bits per heavy atom. The Labute approximate surface area is 167 Å². The van der Waals surface area contributed by atoms with Crippen molar-refractivity contribution in [2.75, 3.05) is 0 Å². The number of aromatic nitrogens is 4. The maximum Gasteiger partial charge on any atom is 0.453 e. The van der Waals surface area contributed by atoms with E-state index in [0.29, 0.717) is 23.7 Å². The second-order valence-corrected chi connectivity index (χ2v) is 8.60. The van der Waals surface area contributed by atoms with Gasteiger partial charge in [-0.05, 0) is 69.8 Å². The van der Waals surface area contributed by atoms with Gasteiger partial charge in [0.2, 0.25) is 5.91 Å². The normalized spacial score (nSPS) is 25.0.